The Hall–Kier alpha value is -0.740. The van der Waals surface area contributed by atoms with Gasteiger partial charge in [-0.25, -0.2) is 0 Å². The third kappa shape index (κ3) is 2.12. The van der Waals surface area contributed by atoms with E-state index >= 15 is 0 Å². The van der Waals surface area contributed by atoms with Crippen molar-refractivity contribution in [2.75, 3.05) is 20.8 Å². The molecule has 0 amide bonds. The normalized spacial score (nSPS) is 23.2. The largest absolute Gasteiger partial charge is 0.493 e. The molecule has 1 unspecified atom stereocenters. The minimum absolute atomic E-state index is 0.0329. The molecule has 1 heterocycles. The Kier molecular flexibility index (Phi) is 3.87. The molecule has 2 rings (SSSR count). The van der Waals surface area contributed by atoms with Crippen LogP contribution in [0.15, 0.2) is 10.5 Å². The van der Waals surface area contributed by atoms with Gasteiger partial charge >= 0.3 is 0 Å². The van der Waals surface area contributed by atoms with Crippen LogP contribution in [0.3, 0.4) is 0 Å². The molecule has 1 aromatic rings. The Balaban J connectivity index is 2.63. The van der Waals surface area contributed by atoms with E-state index < -0.39 is 0 Å². The number of benzene rings is 1. The maximum atomic E-state index is 5.59. The highest BCUT2D eigenvalue weighted by molar-refractivity contribution is 9.10. The van der Waals surface area contributed by atoms with Crippen molar-refractivity contribution in [2.45, 2.75) is 32.2 Å². The van der Waals surface area contributed by atoms with Gasteiger partial charge in [-0.3, -0.25) is 0 Å². The summed E-state index contributed by atoms with van der Waals surface area (Å²) in [4.78, 5) is 0. The maximum Gasteiger partial charge on any atom is 0.166 e. The molecule has 0 saturated carbocycles. The summed E-state index contributed by atoms with van der Waals surface area (Å²) in [5.41, 5.74) is 2.20. The van der Waals surface area contributed by atoms with Gasteiger partial charge in [0.25, 0.3) is 0 Å². The van der Waals surface area contributed by atoms with E-state index in [1.54, 1.807) is 14.2 Å². The predicted molar refractivity (Wildman–Crippen MR) is 76.6 cm³/mol. The van der Waals surface area contributed by atoms with E-state index in [2.05, 4.69) is 34.2 Å². The molecule has 18 heavy (non-hydrogen) atoms. The van der Waals surface area contributed by atoms with Crippen molar-refractivity contribution in [1.82, 2.24) is 5.32 Å². The first-order valence-electron chi connectivity index (χ1n) is 6.20. The van der Waals surface area contributed by atoms with E-state index in [9.17, 15) is 0 Å². The van der Waals surface area contributed by atoms with E-state index in [1.165, 1.54) is 6.42 Å². The fourth-order valence-electron chi connectivity index (χ4n) is 2.68. The SMILES string of the molecule is COc1c(C2(C)CCCN2)cc(Br)c(C)c1OC. The van der Waals surface area contributed by atoms with E-state index in [-0.39, 0.29) is 5.54 Å². The van der Waals surface area contributed by atoms with Crippen molar-refractivity contribution < 1.29 is 9.47 Å². The van der Waals surface area contributed by atoms with Crippen LogP contribution in [0, 0.1) is 6.92 Å². The Morgan fingerprint density at radius 1 is 1.28 bits per heavy atom. The van der Waals surface area contributed by atoms with E-state index in [0.717, 1.165) is 40.1 Å². The average Bonchev–Trinajstić information content (AvgIpc) is 2.80. The number of methoxy groups -OCH3 is 2. The molecule has 0 aliphatic carbocycles. The quantitative estimate of drug-likeness (QED) is 0.928. The molecule has 1 aliphatic heterocycles. The molecule has 0 spiro atoms. The summed E-state index contributed by atoms with van der Waals surface area (Å²) < 4.78 is 12.2. The van der Waals surface area contributed by atoms with E-state index in [1.807, 2.05) is 6.92 Å². The van der Waals surface area contributed by atoms with Crippen LogP contribution in [0.25, 0.3) is 0 Å². The number of halogens is 1. The summed E-state index contributed by atoms with van der Waals surface area (Å²) in [6.45, 7) is 5.30. The number of hydrogen-bond acceptors (Lipinski definition) is 3. The topological polar surface area (TPSA) is 30.5 Å². The van der Waals surface area contributed by atoms with Crippen LogP contribution < -0.4 is 14.8 Å². The number of ether oxygens (including phenoxy) is 2. The van der Waals surface area contributed by atoms with Crippen LogP contribution in [0.5, 0.6) is 11.5 Å². The molecule has 3 nitrogen and oxygen atoms in total. The van der Waals surface area contributed by atoms with Gasteiger partial charge in [0.15, 0.2) is 11.5 Å². The summed E-state index contributed by atoms with van der Waals surface area (Å²) in [6.07, 6.45) is 2.30. The lowest BCUT2D eigenvalue weighted by molar-refractivity contribution is 0.332. The molecule has 4 heteroatoms. The Morgan fingerprint density at radius 3 is 2.44 bits per heavy atom. The highest BCUT2D eigenvalue weighted by Crippen LogP contribution is 2.45. The van der Waals surface area contributed by atoms with Crippen molar-refractivity contribution in [2.24, 2.45) is 0 Å². The zero-order valence-corrected chi connectivity index (χ0v) is 13.0. The van der Waals surface area contributed by atoms with Gasteiger partial charge in [0.1, 0.15) is 0 Å². The minimum Gasteiger partial charge on any atom is -0.493 e. The number of rotatable bonds is 3. The summed E-state index contributed by atoms with van der Waals surface area (Å²) in [5, 5.41) is 3.57. The molecule has 1 N–H and O–H groups in total. The second-order valence-electron chi connectivity index (χ2n) is 4.96. The molecule has 1 atom stereocenters. The second kappa shape index (κ2) is 5.10. The Labute approximate surface area is 117 Å². The summed E-state index contributed by atoms with van der Waals surface area (Å²) in [5.74, 6) is 1.66. The summed E-state index contributed by atoms with van der Waals surface area (Å²) in [7, 11) is 3.39. The average molecular weight is 314 g/mol. The van der Waals surface area contributed by atoms with Crippen LogP contribution in [-0.4, -0.2) is 20.8 Å². The van der Waals surface area contributed by atoms with Crippen LogP contribution in [0.4, 0.5) is 0 Å². The van der Waals surface area contributed by atoms with Crippen LogP contribution in [0.2, 0.25) is 0 Å². The first-order valence-corrected chi connectivity index (χ1v) is 6.99. The molecule has 100 valence electrons. The zero-order chi connectivity index (χ0) is 13.3. The molecule has 0 aromatic heterocycles. The predicted octanol–water partition coefficient (Wildman–Crippen LogP) is 3.37. The van der Waals surface area contributed by atoms with Gasteiger partial charge in [-0.15, -0.1) is 0 Å². The Morgan fingerprint density at radius 2 is 1.94 bits per heavy atom. The molecular formula is C14H20BrNO2. The van der Waals surface area contributed by atoms with Crippen molar-refractivity contribution in [1.29, 1.82) is 0 Å². The molecule has 1 aromatic carbocycles. The lowest BCUT2D eigenvalue weighted by Crippen LogP contribution is -2.33. The van der Waals surface area contributed by atoms with Gasteiger partial charge in [0.05, 0.1) is 14.2 Å². The molecular weight excluding hydrogens is 294 g/mol. The van der Waals surface area contributed by atoms with Gasteiger partial charge in [0.2, 0.25) is 0 Å². The smallest absolute Gasteiger partial charge is 0.166 e. The van der Waals surface area contributed by atoms with E-state index in [0.29, 0.717) is 0 Å². The summed E-state index contributed by atoms with van der Waals surface area (Å²) >= 11 is 3.61. The van der Waals surface area contributed by atoms with Gasteiger partial charge in [-0.1, -0.05) is 15.9 Å². The van der Waals surface area contributed by atoms with Crippen molar-refractivity contribution in [3.63, 3.8) is 0 Å². The molecule has 0 radical (unpaired) electrons. The highest BCUT2D eigenvalue weighted by atomic mass is 79.9. The van der Waals surface area contributed by atoms with Gasteiger partial charge < -0.3 is 14.8 Å². The maximum absolute atomic E-state index is 5.59. The zero-order valence-electron chi connectivity index (χ0n) is 11.4. The third-order valence-corrected chi connectivity index (χ3v) is 4.62. The highest BCUT2D eigenvalue weighted by Gasteiger charge is 2.34. The molecule has 1 saturated heterocycles. The van der Waals surface area contributed by atoms with E-state index in [4.69, 9.17) is 9.47 Å². The second-order valence-corrected chi connectivity index (χ2v) is 5.81. The van der Waals surface area contributed by atoms with Crippen LogP contribution >= 0.6 is 15.9 Å². The van der Waals surface area contributed by atoms with Gasteiger partial charge in [-0.2, -0.15) is 0 Å². The lowest BCUT2D eigenvalue weighted by Gasteiger charge is -2.29. The first kappa shape index (κ1) is 13.7. The van der Waals surface area contributed by atoms with Crippen LogP contribution in [0.1, 0.15) is 30.9 Å². The molecule has 0 bridgehead atoms. The van der Waals surface area contributed by atoms with Gasteiger partial charge in [0, 0.05) is 21.1 Å². The van der Waals surface area contributed by atoms with Gasteiger partial charge in [-0.05, 0) is 39.3 Å². The first-order chi connectivity index (χ1) is 8.53. The standard InChI is InChI=1S/C14H20BrNO2/c1-9-11(15)8-10(13(18-4)12(9)17-3)14(2)6-5-7-16-14/h8,16H,5-7H2,1-4H3. The summed E-state index contributed by atoms with van der Waals surface area (Å²) in [6, 6.07) is 2.15. The molecule has 1 fully saturated rings. The van der Waals surface area contributed by atoms with Crippen molar-refractivity contribution >= 4 is 15.9 Å². The van der Waals surface area contributed by atoms with Crippen molar-refractivity contribution in [3.05, 3.63) is 21.7 Å². The lowest BCUT2D eigenvalue weighted by atomic mass is 9.88. The Bertz CT molecular complexity index is 454. The number of hydrogen-bond donors (Lipinski definition) is 1. The van der Waals surface area contributed by atoms with Crippen LogP contribution in [-0.2, 0) is 5.54 Å². The fourth-order valence-corrected chi connectivity index (χ4v) is 3.09. The fraction of sp³-hybridized carbons (Fsp3) is 0.571. The minimum atomic E-state index is -0.0329. The monoisotopic (exact) mass is 313 g/mol. The van der Waals surface area contributed by atoms with Crippen molar-refractivity contribution in [3.8, 4) is 11.5 Å². The number of nitrogens with one attached hydrogen (secondary N) is 1. The third-order valence-electron chi connectivity index (χ3n) is 3.79. The molecule has 1 aliphatic rings.